The highest BCUT2D eigenvalue weighted by Crippen LogP contribution is 2.14. The molecule has 0 aromatic carbocycles. The molecule has 2 N–H and O–H groups in total. The molecule has 0 saturated heterocycles. The fourth-order valence-electron chi connectivity index (χ4n) is 1.51. The fraction of sp³-hybridized carbons (Fsp3) is 0.909. The van der Waals surface area contributed by atoms with E-state index in [0.29, 0.717) is 0 Å². The van der Waals surface area contributed by atoms with Crippen LogP contribution in [0.4, 0.5) is 0 Å². The molecule has 14 heavy (non-hydrogen) atoms. The lowest BCUT2D eigenvalue weighted by atomic mass is 9.96. The van der Waals surface area contributed by atoms with Gasteiger partial charge in [-0.05, 0) is 11.8 Å². The van der Waals surface area contributed by atoms with E-state index in [-0.39, 0.29) is 17.4 Å². The normalized spacial score (nSPS) is 13.9. The molecule has 3 nitrogen and oxygen atoms in total. The second-order valence-corrected chi connectivity index (χ2v) is 5.15. The Kier molecular flexibility index (Phi) is 5.13. The van der Waals surface area contributed by atoms with E-state index in [1.165, 1.54) is 0 Å². The van der Waals surface area contributed by atoms with Gasteiger partial charge in [0.1, 0.15) is 0 Å². The summed E-state index contributed by atoms with van der Waals surface area (Å²) in [7, 11) is 1.82. The maximum atomic E-state index is 11.7. The molecule has 0 aliphatic rings. The summed E-state index contributed by atoms with van der Waals surface area (Å²) in [5.74, 6) is 0.0572. The van der Waals surface area contributed by atoms with E-state index in [2.05, 4.69) is 20.8 Å². The second kappa shape index (κ2) is 5.35. The van der Waals surface area contributed by atoms with Crippen LogP contribution in [0.2, 0.25) is 0 Å². The molecule has 1 amide bonds. The molecule has 0 heterocycles. The average Bonchev–Trinajstić information content (AvgIpc) is 2.00. The van der Waals surface area contributed by atoms with Crippen molar-refractivity contribution in [2.24, 2.45) is 11.1 Å². The van der Waals surface area contributed by atoms with Gasteiger partial charge in [0, 0.05) is 13.6 Å². The zero-order valence-corrected chi connectivity index (χ0v) is 10.1. The summed E-state index contributed by atoms with van der Waals surface area (Å²) < 4.78 is 0. The fourth-order valence-corrected chi connectivity index (χ4v) is 1.51. The van der Waals surface area contributed by atoms with Crippen molar-refractivity contribution in [3.05, 3.63) is 0 Å². The van der Waals surface area contributed by atoms with E-state index < -0.39 is 0 Å². The maximum absolute atomic E-state index is 11.7. The Bertz CT molecular complexity index is 184. The first kappa shape index (κ1) is 13.4. The minimum absolute atomic E-state index is 0.0572. The first-order valence-electron chi connectivity index (χ1n) is 5.28. The first-order valence-corrected chi connectivity index (χ1v) is 5.28. The Morgan fingerprint density at radius 1 is 1.43 bits per heavy atom. The van der Waals surface area contributed by atoms with Crippen molar-refractivity contribution < 1.29 is 4.79 Å². The molecule has 0 saturated carbocycles. The monoisotopic (exact) mass is 200 g/mol. The number of rotatable bonds is 4. The van der Waals surface area contributed by atoms with E-state index in [4.69, 9.17) is 5.73 Å². The summed E-state index contributed by atoms with van der Waals surface area (Å²) >= 11 is 0. The van der Waals surface area contributed by atoms with Crippen LogP contribution >= 0.6 is 0 Å². The van der Waals surface area contributed by atoms with E-state index in [1.807, 2.05) is 14.0 Å². The van der Waals surface area contributed by atoms with Gasteiger partial charge in [-0.25, -0.2) is 0 Å². The molecule has 0 aromatic rings. The van der Waals surface area contributed by atoms with Crippen molar-refractivity contribution in [1.29, 1.82) is 0 Å². The quantitative estimate of drug-likeness (QED) is 0.749. The molecule has 84 valence electrons. The third-order valence-corrected chi connectivity index (χ3v) is 2.00. The minimum Gasteiger partial charge on any atom is -0.344 e. The van der Waals surface area contributed by atoms with Crippen LogP contribution < -0.4 is 5.73 Å². The molecule has 3 heteroatoms. The van der Waals surface area contributed by atoms with Crippen LogP contribution in [-0.4, -0.2) is 30.4 Å². The summed E-state index contributed by atoms with van der Waals surface area (Å²) in [6.45, 7) is 9.13. The number of carbonyl (C=O) groups is 1. The Hall–Kier alpha value is -0.570. The summed E-state index contributed by atoms with van der Waals surface area (Å²) in [6.07, 6.45) is 1.73. The van der Waals surface area contributed by atoms with Gasteiger partial charge in [-0.3, -0.25) is 4.79 Å². The molecular weight excluding hydrogens is 176 g/mol. The van der Waals surface area contributed by atoms with Crippen molar-refractivity contribution >= 4 is 5.91 Å². The van der Waals surface area contributed by atoms with Gasteiger partial charge < -0.3 is 10.6 Å². The van der Waals surface area contributed by atoms with Crippen LogP contribution in [0.25, 0.3) is 0 Å². The third kappa shape index (κ3) is 5.22. The van der Waals surface area contributed by atoms with E-state index in [1.54, 1.807) is 4.90 Å². The highest BCUT2D eigenvalue weighted by Gasteiger charge is 2.21. The summed E-state index contributed by atoms with van der Waals surface area (Å²) in [6, 6.07) is -0.327. The van der Waals surface area contributed by atoms with Crippen LogP contribution in [0.1, 0.15) is 40.5 Å². The number of carbonyl (C=O) groups excluding carboxylic acids is 1. The zero-order chi connectivity index (χ0) is 11.4. The molecule has 0 fully saturated rings. The van der Waals surface area contributed by atoms with Crippen molar-refractivity contribution in [3.8, 4) is 0 Å². The van der Waals surface area contributed by atoms with Gasteiger partial charge >= 0.3 is 0 Å². The van der Waals surface area contributed by atoms with Crippen molar-refractivity contribution in [1.82, 2.24) is 4.90 Å². The topological polar surface area (TPSA) is 46.3 Å². The molecule has 1 atom stereocenters. The van der Waals surface area contributed by atoms with E-state index in [9.17, 15) is 4.79 Å². The number of hydrogen-bond acceptors (Lipinski definition) is 2. The lowest BCUT2D eigenvalue weighted by Crippen LogP contribution is -2.44. The van der Waals surface area contributed by atoms with Crippen molar-refractivity contribution in [3.63, 3.8) is 0 Å². The van der Waals surface area contributed by atoms with Crippen LogP contribution in [-0.2, 0) is 4.79 Å². The predicted octanol–water partition coefficient (Wildman–Crippen LogP) is 1.62. The van der Waals surface area contributed by atoms with Crippen LogP contribution in [0, 0.1) is 5.41 Å². The van der Waals surface area contributed by atoms with E-state index >= 15 is 0 Å². The number of likely N-dealkylation sites (N-methyl/N-ethyl adjacent to an activating group) is 1. The van der Waals surface area contributed by atoms with Crippen LogP contribution in [0.3, 0.4) is 0 Å². The minimum atomic E-state index is -0.327. The lowest BCUT2D eigenvalue weighted by molar-refractivity contribution is -0.132. The number of nitrogens with two attached hydrogens (primary N) is 1. The van der Waals surface area contributed by atoms with Gasteiger partial charge in [0.2, 0.25) is 5.91 Å². The predicted molar refractivity (Wildman–Crippen MR) is 60.0 cm³/mol. The summed E-state index contributed by atoms with van der Waals surface area (Å²) in [4.78, 5) is 13.4. The molecule has 0 aromatic heterocycles. The highest BCUT2D eigenvalue weighted by atomic mass is 16.2. The van der Waals surface area contributed by atoms with Gasteiger partial charge in [0.05, 0.1) is 6.04 Å². The smallest absolute Gasteiger partial charge is 0.239 e. The Labute approximate surface area is 87.6 Å². The summed E-state index contributed by atoms with van der Waals surface area (Å²) in [5, 5.41) is 0. The molecule has 0 aliphatic carbocycles. The van der Waals surface area contributed by atoms with Gasteiger partial charge in [0.15, 0.2) is 0 Å². The van der Waals surface area contributed by atoms with Crippen LogP contribution in [0.15, 0.2) is 0 Å². The maximum Gasteiger partial charge on any atom is 0.239 e. The van der Waals surface area contributed by atoms with Gasteiger partial charge in [0.25, 0.3) is 0 Å². The molecule has 1 unspecified atom stereocenters. The third-order valence-electron chi connectivity index (χ3n) is 2.00. The lowest BCUT2D eigenvalue weighted by Gasteiger charge is -2.28. The molecule has 0 aliphatic heterocycles. The van der Waals surface area contributed by atoms with Crippen molar-refractivity contribution in [2.75, 3.05) is 13.6 Å². The summed E-state index contributed by atoms with van der Waals surface area (Å²) in [5.41, 5.74) is 5.89. The second-order valence-electron chi connectivity index (χ2n) is 5.15. The Morgan fingerprint density at radius 2 is 1.93 bits per heavy atom. The van der Waals surface area contributed by atoms with Gasteiger partial charge in [-0.1, -0.05) is 34.1 Å². The zero-order valence-electron chi connectivity index (χ0n) is 10.1. The first-order chi connectivity index (χ1) is 6.28. The highest BCUT2D eigenvalue weighted by molar-refractivity contribution is 5.81. The number of hydrogen-bond donors (Lipinski definition) is 1. The molecule has 0 rings (SSSR count). The van der Waals surface area contributed by atoms with Crippen molar-refractivity contribution in [2.45, 2.75) is 46.6 Å². The molecular formula is C11H24N2O. The van der Waals surface area contributed by atoms with Crippen LogP contribution in [0.5, 0.6) is 0 Å². The van der Waals surface area contributed by atoms with Gasteiger partial charge in [-0.2, -0.15) is 0 Å². The number of nitrogens with zero attached hydrogens (tertiary/aromatic N) is 1. The Balaban J connectivity index is 4.12. The number of amides is 1. The molecule has 0 spiro atoms. The Morgan fingerprint density at radius 3 is 2.29 bits per heavy atom. The largest absolute Gasteiger partial charge is 0.344 e. The van der Waals surface area contributed by atoms with E-state index in [0.717, 1.165) is 19.4 Å². The molecule has 0 radical (unpaired) electrons. The molecule has 0 bridgehead atoms. The average molecular weight is 200 g/mol. The SMILES string of the molecule is CCCC(N)C(=O)N(C)CC(C)(C)C. The standard InChI is InChI=1S/C11H24N2O/c1-6-7-9(12)10(14)13(5)8-11(2,3)4/h9H,6-8,12H2,1-5H3. The van der Waals surface area contributed by atoms with Gasteiger partial charge in [-0.15, -0.1) is 0 Å².